The number of carbonyl (C=O) groups excluding carboxylic acids is 2. The van der Waals surface area contributed by atoms with E-state index in [-0.39, 0.29) is 22.6 Å². The van der Waals surface area contributed by atoms with Gasteiger partial charge in [-0.2, -0.15) is 0 Å². The molecule has 1 saturated carbocycles. The Morgan fingerprint density at radius 1 is 1.17 bits per heavy atom. The topological polar surface area (TPSA) is 95.5 Å². The van der Waals surface area contributed by atoms with Crippen LogP contribution < -0.4 is 10.6 Å². The number of carboxylic acid groups (broad SMARTS) is 1. The lowest BCUT2D eigenvalue weighted by Crippen LogP contribution is -2.42. The van der Waals surface area contributed by atoms with Gasteiger partial charge in [0.1, 0.15) is 0 Å². The lowest BCUT2D eigenvalue weighted by molar-refractivity contribution is -0.133. The highest BCUT2D eigenvalue weighted by Gasteiger charge is 2.46. The first-order valence-electron chi connectivity index (χ1n) is 5.68. The Bertz CT molecular complexity index is 437. The van der Waals surface area contributed by atoms with Gasteiger partial charge >= 0.3 is 12.0 Å². The summed E-state index contributed by atoms with van der Waals surface area (Å²) < 4.78 is 0. The molecule has 1 rings (SSSR count). The van der Waals surface area contributed by atoms with Gasteiger partial charge in [-0.3, -0.25) is 10.1 Å². The van der Waals surface area contributed by atoms with Gasteiger partial charge in [-0.15, -0.1) is 0 Å². The normalized spacial score (nSPS) is 21.7. The Kier molecular flexibility index (Phi) is 3.79. The molecule has 0 aromatic heterocycles. The summed E-state index contributed by atoms with van der Waals surface area (Å²) in [5.74, 6) is -1.86. The van der Waals surface area contributed by atoms with Crippen molar-refractivity contribution in [2.24, 2.45) is 5.41 Å². The summed E-state index contributed by atoms with van der Waals surface area (Å²) in [6, 6.07) is -0.525. The van der Waals surface area contributed by atoms with E-state index >= 15 is 0 Å². The molecule has 3 N–H and O–H groups in total. The molecule has 6 nitrogen and oxygen atoms in total. The number of nitrogens with one attached hydrogen (secondary N) is 2. The van der Waals surface area contributed by atoms with Gasteiger partial charge in [-0.1, -0.05) is 13.8 Å². The number of amides is 3. The average molecular weight is 254 g/mol. The van der Waals surface area contributed by atoms with E-state index in [1.165, 1.54) is 13.8 Å². The molecule has 0 aromatic rings. The summed E-state index contributed by atoms with van der Waals surface area (Å²) in [7, 11) is 0. The minimum atomic E-state index is -1.17. The fourth-order valence-corrected chi connectivity index (χ4v) is 1.44. The van der Waals surface area contributed by atoms with Gasteiger partial charge in [0.2, 0.25) is 0 Å². The molecule has 0 heterocycles. The van der Waals surface area contributed by atoms with Crippen LogP contribution in [0, 0.1) is 5.41 Å². The number of urea groups is 1. The van der Waals surface area contributed by atoms with Crippen LogP contribution >= 0.6 is 0 Å². The summed E-state index contributed by atoms with van der Waals surface area (Å²) >= 11 is 0. The van der Waals surface area contributed by atoms with Crippen molar-refractivity contribution in [3.05, 3.63) is 11.1 Å². The molecule has 0 spiro atoms. The molecule has 1 atom stereocenters. The van der Waals surface area contributed by atoms with Crippen molar-refractivity contribution < 1.29 is 19.5 Å². The molecule has 0 radical (unpaired) electrons. The maximum absolute atomic E-state index is 11.6. The summed E-state index contributed by atoms with van der Waals surface area (Å²) in [6.45, 7) is 6.71. The van der Waals surface area contributed by atoms with Gasteiger partial charge in [0.15, 0.2) is 0 Å². The van der Waals surface area contributed by atoms with Crippen LogP contribution in [0.4, 0.5) is 4.79 Å². The molecule has 100 valence electrons. The molecule has 6 heteroatoms. The maximum atomic E-state index is 11.6. The van der Waals surface area contributed by atoms with Gasteiger partial charge in [-0.25, -0.2) is 9.59 Å². The van der Waals surface area contributed by atoms with E-state index in [0.717, 1.165) is 6.42 Å². The van der Waals surface area contributed by atoms with E-state index in [2.05, 4.69) is 10.6 Å². The van der Waals surface area contributed by atoms with Crippen molar-refractivity contribution in [2.45, 2.75) is 40.2 Å². The van der Waals surface area contributed by atoms with Crippen molar-refractivity contribution in [3.63, 3.8) is 0 Å². The van der Waals surface area contributed by atoms with Crippen LogP contribution in [0.3, 0.4) is 0 Å². The number of rotatable bonds is 3. The van der Waals surface area contributed by atoms with Crippen molar-refractivity contribution >= 4 is 17.9 Å². The zero-order valence-corrected chi connectivity index (χ0v) is 11.0. The third kappa shape index (κ3) is 3.32. The predicted octanol–water partition coefficient (Wildman–Crippen LogP) is 1.03. The van der Waals surface area contributed by atoms with Crippen LogP contribution in [0.25, 0.3) is 0 Å². The standard InChI is InChI=1S/C12H18N2O4/c1-6(7(2)10(16)17)9(15)14-11(18)13-8-5-12(8,3)4/h8H,5H2,1-4H3,(H,16,17)(H2,13,14,15,18). The zero-order chi connectivity index (χ0) is 14.1. The summed E-state index contributed by atoms with van der Waals surface area (Å²) in [5.41, 5.74) is 0.0159. The van der Waals surface area contributed by atoms with Crippen LogP contribution in [0.15, 0.2) is 11.1 Å². The van der Waals surface area contributed by atoms with E-state index in [1.807, 2.05) is 13.8 Å². The smallest absolute Gasteiger partial charge is 0.331 e. The third-order valence-electron chi connectivity index (χ3n) is 3.27. The first kappa shape index (κ1) is 14.2. The lowest BCUT2D eigenvalue weighted by Gasteiger charge is -2.09. The second-order valence-electron chi connectivity index (χ2n) is 5.23. The number of aliphatic carboxylic acids is 1. The van der Waals surface area contributed by atoms with Crippen molar-refractivity contribution in [2.75, 3.05) is 0 Å². The molecule has 1 aliphatic carbocycles. The van der Waals surface area contributed by atoms with E-state index in [9.17, 15) is 14.4 Å². The largest absolute Gasteiger partial charge is 0.478 e. The minimum absolute atomic E-state index is 0.0210. The van der Waals surface area contributed by atoms with E-state index in [0.29, 0.717) is 0 Å². The van der Waals surface area contributed by atoms with Gasteiger partial charge in [0.05, 0.1) is 0 Å². The quantitative estimate of drug-likeness (QED) is 0.655. The predicted molar refractivity (Wildman–Crippen MR) is 64.9 cm³/mol. The van der Waals surface area contributed by atoms with Crippen LogP contribution in [0.1, 0.15) is 34.1 Å². The number of hydrogen-bond donors (Lipinski definition) is 3. The van der Waals surface area contributed by atoms with Crippen molar-refractivity contribution in [1.29, 1.82) is 0 Å². The Morgan fingerprint density at radius 2 is 1.67 bits per heavy atom. The highest BCUT2D eigenvalue weighted by molar-refractivity contribution is 6.07. The first-order chi connectivity index (χ1) is 8.15. The number of carboxylic acids is 1. The molecule has 1 aliphatic rings. The fraction of sp³-hybridized carbons (Fsp3) is 0.583. The minimum Gasteiger partial charge on any atom is -0.478 e. The highest BCUT2D eigenvalue weighted by atomic mass is 16.4. The molecule has 0 saturated heterocycles. The van der Waals surface area contributed by atoms with Crippen molar-refractivity contribution in [3.8, 4) is 0 Å². The molecule has 1 unspecified atom stereocenters. The number of carbonyl (C=O) groups is 3. The Balaban J connectivity index is 2.53. The summed E-state index contributed by atoms with van der Waals surface area (Å²) in [5, 5.41) is 13.5. The summed E-state index contributed by atoms with van der Waals surface area (Å²) in [6.07, 6.45) is 0.873. The van der Waals surface area contributed by atoms with Crippen LogP contribution in [0.2, 0.25) is 0 Å². The SMILES string of the molecule is CC(C(=O)O)=C(C)C(=O)NC(=O)NC1CC1(C)C. The Morgan fingerprint density at radius 3 is 2.06 bits per heavy atom. The van der Waals surface area contributed by atoms with Gasteiger partial charge < -0.3 is 10.4 Å². The number of hydrogen-bond acceptors (Lipinski definition) is 3. The molecule has 0 aromatic carbocycles. The molecule has 0 aliphatic heterocycles. The monoisotopic (exact) mass is 254 g/mol. The van der Waals surface area contributed by atoms with Gasteiger partial charge in [-0.05, 0) is 25.7 Å². The van der Waals surface area contributed by atoms with E-state index < -0.39 is 17.9 Å². The fourth-order valence-electron chi connectivity index (χ4n) is 1.44. The molecule has 0 bridgehead atoms. The van der Waals surface area contributed by atoms with E-state index in [1.54, 1.807) is 0 Å². The second kappa shape index (κ2) is 4.80. The number of imide groups is 1. The van der Waals surface area contributed by atoms with E-state index in [4.69, 9.17) is 5.11 Å². The molecule has 3 amide bonds. The lowest BCUT2D eigenvalue weighted by atomic mass is 10.1. The molecular weight excluding hydrogens is 236 g/mol. The van der Waals surface area contributed by atoms with Gasteiger partial charge in [0.25, 0.3) is 5.91 Å². The van der Waals surface area contributed by atoms with Crippen LogP contribution in [-0.2, 0) is 9.59 Å². The third-order valence-corrected chi connectivity index (χ3v) is 3.27. The first-order valence-corrected chi connectivity index (χ1v) is 5.68. The highest BCUT2D eigenvalue weighted by Crippen LogP contribution is 2.44. The molecule has 1 fully saturated rings. The Hall–Kier alpha value is -1.85. The van der Waals surface area contributed by atoms with Crippen LogP contribution in [-0.4, -0.2) is 29.1 Å². The molecule has 18 heavy (non-hydrogen) atoms. The molecular formula is C12H18N2O4. The van der Waals surface area contributed by atoms with Gasteiger partial charge in [0, 0.05) is 17.2 Å². The average Bonchev–Trinajstić information content (AvgIpc) is 2.82. The zero-order valence-electron chi connectivity index (χ0n) is 11.0. The summed E-state index contributed by atoms with van der Waals surface area (Å²) in [4.78, 5) is 33.7. The second-order valence-corrected chi connectivity index (χ2v) is 5.23. The van der Waals surface area contributed by atoms with Crippen LogP contribution in [0.5, 0.6) is 0 Å². The maximum Gasteiger partial charge on any atom is 0.331 e. The van der Waals surface area contributed by atoms with Crippen molar-refractivity contribution in [1.82, 2.24) is 10.6 Å². The Labute approximate surface area is 105 Å².